The molecular weight excluding hydrogens is 1510 g/mol. The molecule has 6 aromatic rings. The number of aryl methyl sites for hydroxylation is 1. The van der Waals surface area contributed by atoms with E-state index in [1.54, 1.807) is 12.1 Å². The number of primary amides is 1. The lowest BCUT2D eigenvalue weighted by Gasteiger charge is -2.27. The van der Waals surface area contributed by atoms with Gasteiger partial charge in [0.2, 0.25) is 65.0 Å². The molecular formula is C70H98N24O21. The zero-order valence-electron chi connectivity index (χ0n) is 63.2. The van der Waals surface area contributed by atoms with Crippen molar-refractivity contribution in [3.05, 3.63) is 100 Å². The minimum Gasteiger partial charge on any atom is -0.481 e. The maximum Gasteiger partial charge on any atom is 0.306 e. The lowest BCUT2D eigenvalue weighted by molar-refractivity contribution is -0.142. The summed E-state index contributed by atoms with van der Waals surface area (Å²) in [4.78, 5) is 221. The van der Waals surface area contributed by atoms with Gasteiger partial charge in [0.15, 0.2) is 22.7 Å². The van der Waals surface area contributed by atoms with E-state index in [0.717, 1.165) is 0 Å². The average molecular weight is 1610 g/mol. The number of ether oxygens (including phenoxy) is 3. The number of aromatic amines is 3. The number of benzene rings is 1. The van der Waals surface area contributed by atoms with Gasteiger partial charge < -0.3 is 104 Å². The zero-order chi connectivity index (χ0) is 83.3. The number of carboxylic acid groups (broad SMARTS) is 1. The maximum absolute atomic E-state index is 14.8. The summed E-state index contributed by atoms with van der Waals surface area (Å²) in [6, 6.07) is -4.27. The number of aliphatic hydroxyl groups excluding tert-OH is 2. The second-order valence-electron chi connectivity index (χ2n) is 26.9. The largest absolute Gasteiger partial charge is 0.481 e. The van der Waals surface area contributed by atoms with Crippen LogP contribution in [0.1, 0.15) is 111 Å². The predicted molar refractivity (Wildman–Crippen MR) is 400 cm³/mol. The summed E-state index contributed by atoms with van der Waals surface area (Å²) >= 11 is 0. The fourth-order valence-corrected chi connectivity index (χ4v) is 11.7. The summed E-state index contributed by atoms with van der Waals surface area (Å²) < 4.78 is 17.9. The number of nitrogen functional groups attached to an aromatic ring is 1. The Morgan fingerprint density at radius 2 is 1.43 bits per heavy atom. The third-order valence-corrected chi connectivity index (χ3v) is 17.9. The molecule has 5 aromatic heterocycles. The number of aliphatic carboxylic acids is 1. The molecule has 45 heteroatoms. The molecule has 10 atom stereocenters. The van der Waals surface area contributed by atoms with Gasteiger partial charge >= 0.3 is 5.97 Å². The van der Waals surface area contributed by atoms with Gasteiger partial charge in [-0.2, -0.15) is 4.98 Å². The lowest BCUT2D eigenvalue weighted by atomic mass is 9.92. The zero-order valence-corrected chi connectivity index (χ0v) is 63.2. The molecule has 45 nitrogen and oxygen atoms in total. The van der Waals surface area contributed by atoms with E-state index in [1.165, 1.54) is 68.1 Å². The van der Waals surface area contributed by atoms with Gasteiger partial charge in [-0.05, 0) is 83.1 Å². The molecule has 0 aliphatic carbocycles. The van der Waals surface area contributed by atoms with Crippen molar-refractivity contribution in [1.82, 2.24) is 103 Å². The predicted octanol–water partition coefficient (Wildman–Crippen LogP) is -5.90. The van der Waals surface area contributed by atoms with Crippen molar-refractivity contribution >= 4 is 99.4 Å². The van der Waals surface area contributed by atoms with Crippen LogP contribution < -0.4 is 76.1 Å². The molecule has 2 bridgehead atoms. The van der Waals surface area contributed by atoms with E-state index in [9.17, 15) is 82.4 Å². The molecule has 1 aliphatic heterocycles. The number of unbranched alkanes of at least 4 members (excludes halogenated alkanes) is 1. The Bertz CT molecular complexity index is 4300. The molecule has 0 saturated heterocycles. The molecule has 22 N–H and O–H groups in total. The number of aromatic nitrogens is 11. The van der Waals surface area contributed by atoms with Crippen molar-refractivity contribution < 1.29 is 96.7 Å². The van der Waals surface area contributed by atoms with Crippen molar-refractivity contribution in [3.8, 4) is 0 Å². The number of amides is 10. The van der Waals surface area contributed by atoms with Crippen molar-refractivity contribution in [2.24, 2.45) is 23.5 Å². The highest BCUT2D eigenvalue weighted by atomic mass is 16.6. The molecule has 0 unspecified atom stereocenters. The summed E-state index contributed by atoms with van der Waals surface area (Å²) in [6.07, 6.45) is 5.02. The van der Waals surface area contributed by atoms with Crippen LogP contribution in [0.2, 0.25) is 0 Å². The van der Waals surface area contributed by atoms with Crippen molar-refractivity contribution in [2.75, 3.05) is 77.0 Å². The van der Waals surface area contributed by atoms with Gasteiger partial charge in [-0.3, -0.25) is 81.6 Å². The number of rotatable bonds is 38. The highest BCUT2D eigenvalue weighted by Crippen LogP contribution is 2.21. The number of aliphatic hydroxyl groups is 2. The Labute approximate surface area is 656 Å². The fraction of sp³-hybridized carbons (Fsp3) is 0.529. The number of carboxylic acids is 1. The first-order valence-corrected chi connectivity index (χ1v) is 36.9. The number of anilines is 2. The van der Waals surface area contributed by atoms with E-state index in [-0.39, 0.29) is 126 Å². The van der Waals surface area contributed by atoms with E-state index >= 15 is 0 Å². The Balaban J connectivity index is 1.01. The van der Waals surface area contributed by atoms with Gasteiger partial charge in [0.1, 0.15) is 55.5 Å². The number of ketones is 2. The van der Waals surface area contributed by atoms with E-state index in [4.69, 9.17) is 31.6 Å². The second kappa shape index (κ2) is 46.7. The monoisotopic (exact) mass is 1610 g/mol. The normalized spacial score (nSPS) is 19.2. The SMILES string of the molecule is C[C@H](O)[C@H]1NC(=O)[C@@H](Cc2cnc[nH]2)CC(=O)[C@@H](CO)NC(=O)[C@@H](Cc2cnc[nH]2)NC(=O)[C@@H](NC(=O)CC[C@H](CC(=O)c2ccc(NCc3cnc4nc(N)[nH]c(=O)c4n3)cc2)C(=O)O)Cc2cn(nn2)CCCC[C@@H](C(=O)NCCOCCOCCOCC(=O)N[C@@H](CCCCNC(=O)CON)C(N)=O)NC(=O)[C@@H](C)NC1=O. The molecule has 0 spiro atoms. The van der Waals surface area contributed by atoms with Crippen LogP contribution >= 0.6 is 0 Å². The standard InChI is InChI=1S/C70H98N24O21/c1-38-62(103)86-49(64(105)77-16-18-112-19-20-113-21-22-114-34-57(101)84-48(60(71)102)7-3-5-15-76-56(100)35-115-73)8-4-6-17-94-32-46(92-93-94)27-50(85-55(99)14-11-41(69(110)111)24-53(97)40-9-12-43(13-10-40)78-30-47-31-79-61-59(83-47)68(109)91-70(72)90-61)65(106)87-51(26-45-29-75-37-81-45)66(107)88-52(33-95)54(98)25-42(23-44-28-74-36-80-44)63(104)89-58(39(2)96)67(108)82-38/h9-10,12-13,28-29,31-32,36-39,41-42,48-52,58,78,95-96H,3-8,11,14-27,30,33-35,73H2,1-2H3,(H2,71,102)(H,74,80)(H,75,81)(H,76,100)(H,77,105)(H,82,108)(H,84,101)(H,85,99)(H,86,103)(H,87,106)(H,88,107)(H,89,104)(H,110,111)(H3,72,79,90,91,109)/t38-,39+,41-,42+,48+,49+,50+,51-,52-,58-/m1/s1. The Kier molecular flexibility index (Phi) is 36.6. The number of Topliss-reactive ketones (excluding diaryl/α,β-unsaturated/α-hetero) is 2. The molecule has 10 amide bonds. The number of carbonyl (C=O) groups is 13. The van der Waals surface area contributed by atoms with Crippen molar-refractivity contribution in [2.45, 2.75) is 159 Å². The quantitative estimate of drug-likeness (QED) is 0.00975. The topological polar surface area (TPSA) is 677 Å². The smallest absolute Gasteiger partial charge is 0.306 e. The number of carbonyl (C=O) groups excluding carboxylic acids is 12. The third-order valence-electron chi connectivity index (χ3n) is 17.9. The number of nitrogens with zero attached hydrogens (tertiary/aromatic N) is 8. The lowest BCUT2D eigenvalue weighted by Crippen LogP contribution is -2.59. The van der Waals surface area contributed by atoms with Gasteiger partial charge in [0, 0.05) is 99.4 Å². The van der Waals surface area contributed by atoms with Gasteiger partial charge in [-0.1, -0.05) is 5.21 Å². The Morgan fingerprint density at radius 1 is 0.730 bits per heavy atom. The summed E-state index contributed by atoms with van der Waals surface area (Å²) in [5, 5.41) is 66.5. The first-order valence-electron chi connectivity index (χ1n) is 36.9. The number of imidazole rings is 2. The molecule has 115 heavy (non-hydrogen) atoms. The Morgan fingerprint density at radius 3 is 2.11 bits per heavy atom. The number of nitrogens with two attached hydrogens (primary N) is 3. The van der Waals surface area contributed by atoms with E-state index < -0.39 is 188 Å². The average Bonchev–Trinajstić information content (AvgIpc) is 1.78. The number of H-pyrrole nitrogens is 3. The minimum atomic E-state index is -1.76. The van der Waals surface area contributed by atoms with Crippen molar-refractivity contribution in [1.29, 1.82) is 0 Å². The molecule has 624 valence electrons. The number of nitrogens with one attached hydrogen (secondary N) is 13. The minimum absolute atomic E-state index is 0.0000261. The van der Waals surface area contributed by atoms with Crippen LogP contribution in [0.5, 0.6) is 0 Å². The number of hydrogen-bond acceptors (Lipinski definition) is 30. The first-order chi connectivity index (χ1) is 55.2. The number of fused-ring (bicyclic) bond motifs is 3. The van der Waals surface area contributed by atoms with Gasteiger partial charge in [0.05, 0.1) is 94.4 Å². The van der Waals surface area contributed by atoms with Crippen LogP contribution in [0.15, 0.2) is 66.5 Å². The highest BCUT2D eigenvalue weighted by Gasteiger charge is 2.37. The molecule has 1 aromatic carbocycles. The molecule has 0 fully saturated rings. The maximum atomic E-state index is 14.8. The first kappa shape index (κ1) is 90.0. The van der Waals surface area contributed by atoms with E-state index in [0.29, 0.717) is 42.2 Å². The van der Waals surface area contributed by atoms with Crippen LogP contribution in [0.4, 0.5) is 11.6 Å². The summed E-state index contributed by atoms with van der Waals surface area (Å²) in [6.45, 7) is 1.40. The molecule has 7 rings (SSSR count). The van der Waals surface area contributed by atoms with Gasteiger partial charge in [0.25, 0.3) is 5.56 Å². The van der Waals surface area contributed by atoms with E-state index in [2.05, 4.69) is 108 Å². The second-order valence-corrected chi connectivity index (χ2v) is 26.9. The third kappa shape index (κ3) is 30.7. The van der Waals surface area contributed by atoms with Crippen LogP contribution in [-0.4, -0.2) is 261 Å². The van der Waals surface area contributed by atoms with Crippen LogP contribution in [0.3, 0.4) is 0 Å². The molecule has 0 radical (unpaired) electrons. The Hall–Kier alpha value is -12.2. The number of hydrogen-bond donors (Lipinski definition) is 19. The highest BCUT2D eigenvalue weighted by molar-refractivity contribution is 6.00. The van der Waals surface area contributed by atoms with Crippen molar-refractivity contribution in [3.63, 3.8) is 0 Å². The van der Waals surface area contributed by atoms with Crippen LogP contribution in [0.25, 0.3) is 11.2 Å². The molecule has 1 aliphatic rings. The van der Waals surface area contributed by atoms with E-state index in [1.807, 2.05) is 0 Å². The summed E-state index contributed by atoms with van der Waals surface area (Å²) in [7, 11) is 0. The molecule has 6 heterocycles. The van der Waals surface area contributed by atoms with Gasteiger partial charge in [-0.25, -0.2) is 25.8 Å². The summed E-state index contributed by atoms with van der Waals surface area (Å²) in [5.41, 5.74) is 12.3. The molecule has 0 saturated carbocycles. The van der Waals surface area contributed by atoms with Crippen LogP contribution in [0, 0.1) is 11.8 Å². The van der Waals surface area contributed by atoms with Crippen LogP contribution in [-0.2, 0) is 109 Å². The summed E-state index contributed by atoms with van der Waals surface area (Å²) in [5.74, 6) is -9.12. The fourth-order valence-electron chi connectivity index (χ4n) is 11.7. The van der Waals surface area contributed by atoms with Gasteiger partial charge in [-0.15, -0.1) is 5.10 Å².